The summed E-state index contributed by atoms with van der Waals surface area (Å²) < 4.78 is 50.7. The van der Waals surface area contributed by atoms with Crippen molar-refractivity contribution in [1.82, 2.24) is 18.7 Å². The zero-order valence-electron chi connectivity index (χ0n) is 16.3. The molecule has 0 aliphatic heterocycles. The molecular formula is C17H15N4NaO6S2. The van der Waals surface area contributed by atoms with Crippen molar-refractivity contribution in [1.29, 1.82) is 0 Å². The maximum atomic E-state index is 12.6. The summed E-state index contributed by atoms with van der Waals surface area (Å²) in [6.07, 6.45) is 0. The first-order valence-corrected chi connectivity index (χ1v) is 11.0. The number of hydrogen-bond donors (Lipinski definition) is 0. The van der Waals surface area contributed by atoms with E-state index in [9.17, 15) is 26.7 Å². The van der Waals surface area contributed by atoms with Crippen LogP contribution in [0.1, 0.15) is 16.1 Å². The van der Waals surface area contributed by atoms with Crippen LogP contribution in [0.5, 0.6) is 5.88 Å². The van der Waals surface area contributed by atoms with Crippen LogP contribution >= 0.6 is 0 Å². The Labute approximate surface area is 195 Å². The van der Waals surface area contributed by atoms with E-state index < -0.39 is 37.5 Å². The molecule has 1 heterocycles. The van der Waals surface area contributed by atoms with Gasteiger partial charge in [-0.2, -0.15) is 8.42 Å². The second-order valence-electron chi connectivity index (χ2n) is 5.99. The largest absolute Gasteiger partial charge is 1.00 e. The molecule has 0 aliphatic carbocycles. The molecule has 0 fully saturated rings. The molecule has 0 saturated carbocycles. The Bertz CT molecular complexity index is 1270. The van der Waals surface area contributed by atoms with Crippen molar-refractivity contribution in [3.63, 3.8) is 0 Å². The van der Waals surface area contributed by atoms with E-state index >= 15 is 0 Å². The van der Waals surface area contributed by atoms with Gasteiger partial charge in [0.25, 0.3) is 26.0 Å². The number of aryl methyl sites for hydroxylation is 1. The van der Waals surface area contributed by atoms with E-state index in [-0.39, 0.29) is 43.4 Å². The van der Waals surface area contributed by atoms with Crippen LogP contribution in [0, 0.1) is 6.92 Å². The summed E-state index contributed by atoms with van der Waals surface area (Å²) in [4.78, 5) is 12.2. The van der Waals surface area contributed by atoms with Crippen molar-refractivity contribution in [3.05, 3.63) is 65.9 Å². The van der Waals surface area contributed by atoms with Gasteiger partial charge in [0.05, 0.1) is 9.79 Å². The zero-order valence-corrected chi connectivity index (χ0v) is 19.9. The number of amides is 1. The van der Waals surface area contributed by atoms with E-state index in [1.165, 1.54) is 36.4 Å². The SMILES string of the molecule is Cc1ccc(S(=O)(=O)N(C)C(=O)c2nnn(S(=O)(=O)c3ccccc3)c2[O-])cc1.[Na+]. The van der Waals surface area contributed by atoms with Gasteiger partial charge < -0.3 is 5.11 Å². The van der Waals surface area contributed by atoms with E-state index in [2.05, 4.69) is 10.3 Å². The number of nitrogens with zero attached hydrogens (tertiary/aromatic N) is 4. The van der Waals surface area contributed by atoms with Crippen LogP contribution in [0.4, 0.5) is 0 Å². The van der Waals surface area contributed by atoms with Gasteiger partial charge in [0.15, 0.2) is 5.69 Å². The minimum Gasteiger partial charge on any atom is -0.856 e. The Balaban J connectivity index is 0.00000320. The maximum Gasteiger partial charge on any atom is 1.00 e. The molecule has 0 aliphatic rings. The quantitative estimate of drug-likeness (QED) is 0.378. The molecule has 0 unspecified atom stereocenters. The van der Waals surface area contributed by atoms with E-state index in [1.807, 2.05) is 0 Å². The third-order valence-electron chi connectivity index (χ3n) is 4.04. The monoisotopic (exact) mass is 458 g/mol. The molecule has 2 aromatic carbocycles. The molecule has 30 heavy (non-hydrogen) atoms. The topological polar surface area (TPSA) is 142 Å². The van der Waals surface area contributed by atoms with Crippen molar-refractivity contribution in [2.24, 2.45) is 0 Å². The molecule has 0 bridgehead atoms. The first-order valence-electron chi connectivity index (χ1n) is 8.10. The number of carbonyl (C=O) groups is 1. The van der Waals surface area contributed by atoms with Crippen LogP contribution in [-0.2, 0) is 20.0 Å². The van der Waals surface area contributed by atoms with Crippen molar-refractivity contribution in [2.75, 3.05) is 7.05 Å². The van der Waals surface area contributed by atoms with E-state index in [0.717, 1.165) is 12.6 Å². The molecule has 1 aromatic heterocycles. The van der Waals surface area contributed by atoms with Gasteiger partial charge in [-0.3, -0.25) is 4.79 Å². The summed E-state index contributed by atoms with van der Waals surface area (Å²) in [7, 11) is -7.72. The fourth-order valence-corrected chi connectivity index (χ4v) is 4.61. The number of hydrogen-bond acceptors (Lipinski definition) is 8. The van der Waals surface area contributed by atoms with Crippen molar-refractivity contribution < 1.29 is 56.3 Å². The molecule has 0 N–H and O–H groups in total. The third kappa shape index (κ3) is 4.27. The predicted molar refractivity (Wildman–Crippen MR) is 99.0 cm³/mol. The summed E-state index contributed by atoms with van der Waals surface area (Å²) in [5.74, 6) is -2.64. The van der Waals surface area contributed by atoms with Crippen molar-refractivity contribution in [3.8, 4) is 5.88 Å². The van der Waals surface area contributed by atoms with E-state index in [0.29, 0.717) is 4.31 Å². The van der Waals surface area contributed by atoms with Crippen molar-refractivity contribution >= 4 is 26.0 Å². The predicted octanol–water partition coefficient (Wildman–Crippen LogP) is -2.64. The molecule has 13 heteroatoms. The first kappa shape index (κ1) is 24.0. The van der Waals surface area contributed by atoms with E-state index in [4.69, 9.17) is 0 Å². The fraction of sp³-hybridized carbons (Fsp3) is 0.118. The number of benzene rings is 2. The summed E-state index contributed by atoms with van der Waals surface area (Å²) >= 11 is 0. The number of carbonyl (C=O) groups excluding carboxylic acids is 1. The van der Waals surface area contributed by atoms with Gasteiger partial charge in [0, 0.05) is 12.9 Å². The molecule has 152 valence electrons. The van der Waals surface area contributed by atoms with Gasteiger partial charge in [-0.25, -0.2) is 12.7 Å². The minimum absolute atomic E-state index is 0. The van der Waals surface area contributed by atoms with Crippen LogP contribution in [-0.4, -0.2) is 48.5 Å². The molecule has 3 rings (SSSR count). The van der Waals surface area contributed by atoms with Crippen LogP contribution in [0.15, 0.2) is 64.4 Å². The molecule has 0 saturated heterocycles. The summed E-state index contributed by atoms with van der Waals surface area (Å²) in [5, 5.41) is 19.0. The smallest absolute Gasteiger partial charge is 0.856 e. The van der Waals surface area contributed by atoms with Crippen LogP contribution < -0.4 is 34.7 Å². The standard InChI is InChI=1S/C17H16N4O6S2.Na/c1-12-8-10-14(11-9-12)28(24,25)20(2)16(22)15-17(23)21(19-18-15)29(26,27)13-6-4-3-5-7-13;/h3-11,23H,1-2H3;/q;+1/p-1. The molecular weight excluding hydrogens is 443 g/mol. The van der Waals surface area contributed by atoms with Gasteiger partial charge in [-0.05, 0) is 31.2 Å². The van der Waals surface area contributed by atoms with Crippen LogP contribution in [0.2, 0.25) is 0 Å². The average Bonchev–Trinajstić information content (AvgIpc) is 3.10. The Morgan fingerprint density at radius 3 is 2.10 bits per heavy atom. The van der Waals surface area contributed by atoms with Gasteiger partial charge in [-0.15, -0.1) is 9.19 Å². The summed E-state index contributed by atoms with van der Waals surface area (Å²) in [5.41, 5.74) is -0.114. The normalized spacial score (nSPS) is 11.5. The first-order chi connectivity index (χ1) is 13.6. The Morgan fingerprint density at radius 2 is 1.53 bits per heavy atom. The Morgan fingerprint density at radius 1 is 0.967 bits per heavy atom. The Kier molecular flexibility index (Phi) is 7.09. The van der Waals surface area contributed by atoms with Gasteiger partial charge in [-0.1, -0.05) is 41.1 Å². The van der Waals surface area contributed by atoms with Gasteiger partial charge >= 0.3 is 29.6 Å². The molecule has 1 amide bonds. The second-order valence-corrected chi connectivity index (χ2v) is 9.73. The van der Waals surface area contributed by atoms with Crippen LogP contribution in [0.25, 0.3) is 0 Å². The number of rotatable bonds is 5. The molecule has 0 spiro atoms. The second kappa shape index (κ2) is 8.86. The number of sulfonamides is 1. The molecule has 0 radical (unpaired) electrons. The van der Waals surface area contributed by atoms with Crippen LogP contribution in [0.3, 0.4) is 0 Å². The summed E-state index contributed by atoms with van der Waals surface area (Å²) in [6.45, 7) is 1.76. The fourth-order valence-electron chi connectivity index (χ4n) is 2.37. The molecule has 3 aromatic rings. The number of aromatic nitrogens is 3. The van der Waals surface area contributed by atoms with E-state index in [1.54, 1.807) is 25.1 Å². The summed E-state index contributed by atoms with van der Waals surface area (Å²) in [6, 6.07) is 12.7. The molecule has 0 atom stereocenters. The molecule has 10 nitrogen and oxygen atoms in total. The van der Waals surface area contributed by atoms with Gasteiger partial charge in [0.2, 0.25) is 0 Å². The van der Waals surface area contributed by atoms with Gasteiger partial charge in [0.1, 0.15) is 0 Å². The third-order valence-corrected chi connectivity index (χ3v) is 7.36. The van der Waals surface area contributed by atoms with Crippen molar-refractivity contribution in [2.45, 2.75) is 16.7 Å². The Hall–Kier alpha value is -2.25. The average molecular weight is 458 g/mol. The minimum atomic E-state index is -4.39. The zero-order chi connectivity index (χ0) is 21.4. The maximum absolute atomic E-state index is 12.6.